The highest BCUT2D eigenvalue weighted by Crippen LogP contribution is 2.33. The van der Waals surface area contributed by atoms with Gasteiger partial charge in [-0.2, -0.15) is 5.10 Å². The number of halogens is 1. The lowest BCUT2D eigenvalue weighted by atomic mass is 9.82. The van der Waals surface area contributed by atoms with Crippen molar-refractivity contribution in [3.8, 4) is 0 Å². The van der Waals surface area contributed by atoms with Crippen LogP contribution in [0.3, 0.4) is 0 Å². The second-order valence-corrected chi connectivity index (χ2v) is 9.90. The number of benzene rings is 2. The van der Waals surface area contributed by atoms with Crippen LogP contribution in [0.15, 0.2) is 58.5 Å². The van der Waals surface area contributed by atoms with E-state index in [2.05, 4.69) is 10.4 Å². The highest BCUT2D eigenvalue weighted by Gasteiger charge is 2.47. The van der Waals surface area contributed by atoms with Crippen LogP contribution in [-0.4, -0.2) is 57.5 Å². The van der Waals surface area contributed by atoms with Gasteiger partial charge in [0.2, 0.25) is 5.91 Å². The predicted octanol–water partition coefficient (Wildman–Crippen LogP) is 2.58. The summed E-state index contributed by atoms with van der Waals surface area (Å²) in [6, 6.07) is 12.8. The van der Waals surface area contributed by atoms with E-state index in [1.54, 1.807) is 31.2 Å². The molecule has 1 atom stereocenters. The van der Waals surface area contributed by atoms with Crippen LogP contribution in [-0.2, 0) is 24.2 Å². The maximum Gasteiger partial charge on any atom is 0.319 e. The van der Waals surface area contributed by atoms with E-state index < -0.39 is 21.2 Å². The molecule has 1 heterocycles. The second-order valence-electron chi connectivity index (χ2n) is 7.45. The Morgan fingerprint density at radius 3 is 2.32 bits per heavy atom. The average Bonchev–Trinajstić information content (AvgIpc) is 3.04. The number of hydrazone groups is 1. The molecule has 8 nitrogen and oxygen atoms in total. The normalized spacial score (nSPS) is 18.5. The Balaban J connectivity index is 1.77. The molecule has 10 heteroatoms. The first-order valence-electron chi connectivity index (χ1n) is 9.31. The molecule has 1 aliphatic heterocycles. The molecule has 0 spiro atoms. The first-order chi connectivity index (χ1) is 14.5. The molecule has 2 aromatic carbocycles. The van der Waals surface area contributed by atoms with Gasteiger partial charge < -0.3 is 10.1 Å². The quantitative estimate of drug-likeness (QED) is 0.660. The Labute approximate surface area is 185 Å². The number of ether oxygens (including phenoxy) is 1. The lowest BCUT2D eigenvalue weighted by molar-refractivity contribution is -0.148. The third-order valence-electron chi connectivity index (χ3n) is 4.91. The van der Waals surface area contributed by atoms with Gasteiger partial charge in [-0.3, -0.25) is 14.6 Å². The summed E-state index contributed by atoms with van der Waals surface area (Å²) in [7, 11) is -2.01. The van der Waals surface area contributed by atoms with Crippen LogP contribution in [0.25, 0.3) is 0 Å². The minimum atomic E-state index is -3.32. The predicted molar refractivity (Wildman–Crippen MR) is 118 cm³/mol. The molecule has 0 radical (unpaired) electrons. The zero-order chi connectivity index (χ0) is 22.8. The molecule has 1 N–H and O–H groups in total. The van der Waals surface area contributed by atoms with E-state index in [9.17, 15) is 18.0 Å². The molecule has 0 saturated carbocycles. The maximum atomic E-state index is 12.5. The van der Waals surface area contributed by atoms with Crippen molar-refractivity contribution in [3.63, 3.8) is 0 Å². The van der Waals surface area contributed by atoms with Crippen molar-refractivity contribution in [1.29, 1.82) is 0 Å². The van der Waals surface area contributed by atoms with Gasteiger partial charge in [-0.15, -0.1) is 0 Å². The van der Waals surface area contributed by atoms with Crippen molar-refractivity contribution in [2.45, 2.75) is 11.8 Å². The summed E-state index contributed by atoms with van der Waals surface area (Å²) in [5.41, 5.74) is 0.590. The summed E-state index contributed by atoms with van der Waals surface area (Å²) in [6.45, 7) is 1.78. The summed E-state index contributed by atoms with van der Waals surface area (Å²) in [4.78, 5) is 25.2. The molecule has 31 heavy (non-hydrogen) atoms. The van der Waals surface area contributed by atoms with Crippen LogP contribution in [0.5, 0.6) is 0 Å². The Bertz CT molecular complexity index is 1130. The summed E-state index contributed by atoms with van der Waals surface area (Å²) in [5, 5.41) is 9.26. The molecule has 0 aliphatic carbocycles. The van der Waals surface area contributed by atoms with Gasteiger partial charge in [0, 0.05) is 17.0 Å². The smallest absolute Gasteiger partial charge is 0.319 e. The van der Waals surface area contributed by atoms with E-state index >= 15 is 0 Å². The topological polar surface area (TPSA) is 105 Å². The molecule has 3 rings (SSSR count). The largest absolute Gasteiger partial charge is 0.468 e. The molecule has 2 aromatic rings. The zero-order valence-electron chi connectivity index (χ0n) is 17.3. The lowest BCUT2D eigenvalue weighted by Crippen LogP contribution is -2.41. The van der Waals surface area contributed by atoms with Crippen LogP contribution in [0.2, 0.25) is 5.02 Å². The highest BCUT2D eigenvalue weighted by molar-refractivity contribution is 7.90. The molecular formula is C21H22ClN3O5S. The Kier molecular flexibility index (Phi) is 6.38. The molecule has 1 unspecified atom stereocenters. The van der Waals surface area contributed by atoms with Crippen molar-refractivity contribution in [3.05, 3.63) is 59.1 Å². The van der Waals surface area contributed by atoms with E-state index in [0.29, 0.717) is 22.0 Å². The summed E-state index contributed by atoms with van der Waals surface area (Å²) < 4.78 is 28.1. The lowest BCUT2D eigenvalue weighted by Gasteiger charge is -2.23. The van der Waals surface area contributed by atoms with Crippen LogP contribution in [0.1, 0.15) is 12.5 Å². The van der Waals surface area contributed by atoms with Gasteiger partial charge >= 0.3 is 5.97 Å². The van der Waals surface area contributed by atoms with E-state index in [4.69, 9.17) is 16.3 Å². The molecule has 0 saturated heterocycles. The molecule has 1 amide bonds. The van der Waals surface area contributed by atoms with Crippen LogP contribution in [0, 0.1) is 5.41 Å². The summed E-state index contributed by atoms with van der Waals surface area (Å²) >= 11 is 5.96. The number of nitrogens with zero attached hydrogens (tertiary/aromatic N) is 2. The fourth-order valence-electron chi connectivity index (χ4n) is 3.34. The second kappa shape index (κ2) is 8.68. The van der Waals surface area contributed by atoms with Gasteiger partial charge in [0.1, 0.15) is 12.0 Å². The number of nitrogens with one attached hydrogen (secondary N) is 1. The third kappa shape index (κ3) is 5.05. The SMILES string of the molecule is COC(=O)C1(C)CN(CC(=O)Nc2ccc(S(C)(=O)=O)cc2)N=C1c1ccc(Cl)cc1. The van der Waals surface area contributed by atoms with Gasteiger partial charge in [-0.1, -0.05) is 23.7 Å². The Hall–Kier alpha value is -2.91. The Morgan fingerprint density at radius 2 is 1.77 bits per heavy atom. The van der Waals surface area contributed by atoms with Crippen LogP contribution >= 0.6 is 11.6 Å². The fraction of sp³-hybridized carbons (Fsp3) is 0.286. The molecule has 0 bridgehead atoms. The standard InChI is InChI=1S/C21H22ClN3O5S/c1-21(20(27)30-2)13-25(24-19(21)14-4-6-15(22)7-5-14)12-18(26)23-16-8-10-17(11-9-16)31(3,28)29/h4-11H,12-13H2,1-3H3,(H,23,26). The third-order valence-corrected chi connectivity index (χ3v) is 6.29. The monoisotopic (exact) mass is 463 g/mol. The van der Waals surface area contributed by atoms with Crippen molar-refractivity contribution >= 4 is 44.7 Å². The average molecular weight is 464 g/mol. The minimum Gasteiger partial charge on any atom is -0.468 e. The van der Waals surface area contributed by atoms with Gasteiger partial charge in [0.25, 0.3) is 0 Å². The van der Waals surface area contributed by atoms with E-state index in [1.807, 2.05) is 0 Å². The minimum absolute atomic E-state index is 0.0997. The van der Waals surface area contributed by atoms with Crippen molar-refractivity contribution in [1.82, 2.24) is 5.01 Å². The van der Waals surface area contributed by atoms with E-state index in [1.165, 1.54) is 36.4 Å². The molecular weight excluding hydrogens is 442 g/mol. The molecule has 164 valence electrons. The number of amides is 1. The number of anilines is 1. The van der Waals surface area contributed by atoms with Crippen LogP contribution < -0.4 is 5.32 Å². The molecule has 0 fully saturated rings. The number of sulfone groups is 1. The van der Waals surface area contributed by atoms with E-state index in [0.717, 1.165) is 6.26 Å². The number of rotatable bonds is 6. The van der Waals surface area contributed by atoms with Gasteiger partial charge in [-0.25, -0.2) is 8.42 Å². The highest BCUT2D eigenvalue weighted by atomic mass is 35.5. The Morgan fingerprint density at radius 1 is 1.16 bits per heavy atom. The van der Waals surface area contributed by atoms with Crippen molar-refractivity contribution < 1.29 is 22.7 Å². The summed E-state index contributed by atoms with van der Waals surface area (Å²) in [5.74, 6) is -0.819. The van der Waals surface area contributed by atoms with Gasteiger partial charge in [0.05, 0.1) is 24.3 Å². The molecule has 0 aromatic heterocycles. The number of methoxy groups -OCH3 is 1. The first-order valence-corrected chi connectivity index (χ1v) is 11.6. The number of hydrogen-bond acceptors (Lipinski definition) is 7. The summed E-state index contributed by atoms with van der Waals surface area (Å²) in [6.07, 6.45) is 1.11. The number of esters is 1. The number of carbonyl (C=O) groups excluding carboxylic acids is 2. The fourth-order valence-corrected chi connectivity index (χ4v) is 4.10. The van der Waals surface area contributed by atoms with E-state index in [-0.39, 0.29) is 23.9 Å². The number of hydrogen-bond donors (Lipinski definition) is 1. The van der Waals surface area contributed by atoms with Crippen LogP contribution in [0.4, 0.5) is 5.69 Å². The van der Waals surface area contributed by atoms with Gasteiger partial charge in [-0.05, 0) is 48.9 Å². The molecule has 1 aliphatic rings. The first kappa shape index (κ1) is 22.8. The number of carbonyl (C=O) groups is 2. The maximum absolute atomic E-state index is 12.5. The van der Waals surface area contributed by atoms with Crippen molar-refractivity contribution in [2.24, 2.45) is 10.5 Å². The van der Waals surface area contributed by atoms with Gasteiger partial charge in [0.15, 0.2) is 9.84 Å². The van der Waals surface area contributed by atoms with Crippen molar-refractivity contribution in [2.75, 3.05) is 31.8 Å². The zero-order valence-corrected chi connectivity index (χ0v) is 18.8.